The fraction of sp³-hybridized carbons (Fsp3) is 0.158. The highest BCUT2D eigenvalue weighted by molar-refractivity contribution is 8.01. The van der Waals surface area contributed by atoms with Gasteiger partial charge in [0.2, 0.25) is 5.13 Å². The molecule has 4 rings (SSSR count). The monoisotopic (exact) mass is 427 g/mol. The van der Waals surface area contributed by atoms with E-state index in [1.165, 1.54) is 11.3 Å². The first-order chi connectivity index (χ1) is 13.7. The summed E-state index contributed by atoms with van der Waals surface area (Å²) < 4.78 is 2.65. The average molecular weight is 428 g/mol. The number of carbonyl (C=O) groups is 1. The van der Waals surface area contributed by atoms with Gasteiger partial charge in [0.15, 0.2) is 4.34 Å². The van der Waals surface area contributed by atoms with Gasteiger partial charge < -0.3 is 0 Å². The third-order valence-corrected chi connectivity index (χ3v) is 6.57. The molecule has 3 heterocycles. The van der Waals surface area contributed by atoms with Gasteiger partial charge in [0.25, 0.3) is 5.91 Å². The first-order valence-corrected chi connectivity index (χ1v) is 11.3. The molecule has 0 bridgehead atoms. The molecule has 3 aromatic heterocycles. The topological polar surface area (TPSA) is 72.7 Å². The predicted molar refractivity (Wildman–Crippen MR) is 115 cm³/mol. The van der Waals surface area contributed by atoms with E-state index in [2.05, 4.69) is 27.5 Å². The second-order valence-electron chi connectivity index (χ2n) is 5.81. The van der Waals surface area contributed by atoms with Gasteiger partial charge in [0, 0.05) is 6.20 Å². The number of anilines is 1. The molecule has 0 spiro atoms. The van der Waals surface area contributed by atoms with Crippen LogP contribution in [0.15, 0.2) is 58.4 Å². The van der Waals surface area contributed by atoms with Crippen molar-refractivity contribution in [1.82, 2.24) is 20.0 Å². The minimum atomic E-state index is -0.230. The second-order valence-corrected chi connectivity index (χ2v) is 9.25. The second kappa shape index (κ2) is 8.68. The zero-order chi connectivity index (χ0) is 19.3. The third-order valence-electron chi connectivity index (χ3n) is 3.84. The summed E-state index contributed by atoms with van der Waals surface area (Å²) >= 11 is 4.54. The quantitative estimate of drug-likeness (QED) is 0.336. The Hall–Kier alpha value is -2.49. The van der Waals surface area contributed by atoms with Crippen LogP contribution >= 0.6 is 34.4 Å². The van der Waals surface area contributed by atoms with Crippen molar-refractivity contribution >= 4 is 45.5 Å². The summed E-state index contributed by atoms with van der Waals surface area (Å²) in [7, 11) is 0. The molecule has 0 radical (unpaired) electrons. The molecule has 0 aliphatic rings. The number of nitrogens with one attached hydrogen (secondary N) is 1. The highest BCUT2D eigenvalue weighted by Crippen LogP contribution is 2.29. The van der Waals surface area contributed by atoms with E-state index in [0.717, 1.165) is 20.5 Å². The van der Waals surface area contributed by atoms with Gasteiger partial charge in [-0.25, -0.2) is 0 Å². The Morgan fingerprint density at radius 3 is 2.79 bits per heavy atom. The standard InChI is InChI=1S/C19H17N5OS3/c1-2-26-19-22-21-18(28-19)20-17(25)14-12-24(11-13-7-4-3-5-8-13)23-16(14)15-9-6-10-27-15/h3-10,12H,2,11H2,1H3,(H,20,21,25). The van der Waals surface area contributed by atoms with Gasteiger partial charge in [-0.1, -0.05) is 66.4 Å². The summed E-state index contributed by atoms with van der Waals surface area (Å²) in [6, 6.07) is 14.0. The number of rotatable bonds is 7. The first-order valence-electron chi connectivity index (χ1n) is 8.66. The van der Waals surface area contributed by atoms with E-state index >= 15 is 0 Å². The molecule has 0 aliphatic heterocycles. The van der Waals surface area contributed by atoms with Crippen molar-refractivity contribution in [2.24, 2.45) is 0 Å². The number of thiophene rings is 1. The van der Waals surface area contributed by atoms with Crippen molar-refractivity contribution in [1.29, 1.82) is 0 Å². The molecule has 0 unspecified atom stereocenters. The molecular formula is C19H17N5OS3. The van der Waals surface area contributed by atoms with Crippen LogP contribution in [0.3, 0.4) is 0 Å². The van der Waals surface area contributed by atoms with Crippen molar-refractivity contribution in [3.63, 3.8) is 0 Å². The van der Waals surface area contributed by atoms with E-state index in [4.69, 9.17) is 0 Å². The number of carbonyl (C=O) groups excluding carboxylic acids is 1. The summed E-state index contributed by atoms with van der Waals surface area (Å²) in [6.07, 6.45) is 1.79. The Labute approximate surface area is 174 Å². The van der Waals surface area contributed by atoms with Gasteiger partial charge in [-0.05, 0) is 22.8 Å². The van der Waals surface area contributed by atoms with Gasteiger partial charge in [0.05, 0.1) is 17.0 Å². The lowest BCUT2D eigenvalue weighted by Crippen LogP contribution is -2.12. The normalized spacial score (nSPS) is 10.9. The van der Waals surface area contributed by atoms with Gasteiger partial charge in [-0.3, -0.25) is 14.8 Å². The lowest BCUT2D eigenvalue weighted by Gasteiger charge is -2.00. The molecule has 142 valence electrons. The molecule has 0 saturated carbocycles. The summed E-state index contributed by atoms with van der Waals surface area (Å²) in [5, 5.41) is 18.2. The minimum Gasteiger partial charge on any atom is -0.296 e. The summed E-state index contributed by atoms with van der Waals surface area (Å²) in [6.45, 7) is 2.65. The summed E-state index contributed by atoms with van der Waals surface area (Å²) in [5.74, 6) is 0.684. The Kier molecular flexibility index (Phi) is 5.84. The van der Waals surface area contributed by atoms with Crippen LogP contribution in [0.5, 0.6) is 0 Å². The number of benzene rings is 1. The summed E-state index contributed by atoms with van der Waals surface area (Å²) in [4.78, 5) is 13.9. The Balaban J connectivity index is 1.61. The van der Waals surface area contributed by atoms with E-state index in [9.17, 15) is 4.79 Å². The maximum atomic E-state index is 12.9. The zero-order valence-electron chi connectivity index (χ0n) is 15.0. The van der Waals surface area contributed by atoms with Crippen LogP contribution in [0.1, 0.15) is 22.8 Å². The highest BCUT2D eigenvalue weighted by atomic mass is 32.2. The van der Waals surface area contributed by atoms with Gasteiger partial charge in [-0.2, -0.15) is 5.10 Å². The lowest BCUT2D eigenvalue weighted by molar-refractivity contribution is 0.102. The van der Waals surface area contributed by atoms with E-state index in [0.29, 0.717) is 22.9 Å². The van der Waals surface area contributed by atoms with Crippen molar-refractivity contribution in [2.45, 2.75) is 17.8 Å². The fourth-order valence-corrected chi connectivity index (χ4v) is 5.01. The van der Waals surface area contributed by atoms with Crippen molar-refractivity contribution in [3.8, 4) is 10.6 Å². The van der Waals surface area contributed by atoms with Crippen molar-refractivity contribution in [3.05, 3.63) is 65.2 Å². The number of hydrogen-bond acceptors (Lipinski definition) is 7. The smallest absolute Gasteiger partial charge is 0.261 e. The maximum absolute atomic E-state index is 12.9. The fourth-order valence-electron chi connectivity index (χ4n) is 2.64. The Bertz CT molecular complexity index is 1060. The van der Waals surface area contributed by atoms with Gasteiger partial charge >= 0.3 is 0 Å². The molecule has 1 aromatic carbocycles. The predicted octanol–water partition coefficient (Wildman–Crippen LogP) is 4.88. The van der Waals surface area contributed by atoms with E-state index < -0.39 is 0 Å². The van der Waals surface area contributed by atoms with Crippen LogP contribution in [-0.2, 0) is 6.54 Å². The highest BCUT2D eigenvalue weighted by Gasteiger charge is 2.20. The number of hydrogen-bond donors (Lipinski definition) is 1. The molecule has 6 nitrogen and oxygen atoms in total. The minimum absolute atomic E-state index is 0.230. The lowest BCUT2D eigenvalue weighted by atomic mass is 10.2. The Morgan fingerprint density at radius 2 is 2.04 bits per heavy atom. The SMILES string of the molecule is CCSc1nnc(NC(=O)c2cn(Cc3ccccc3)nc2-c2cccs2)s1. The van der Waals surface area contributed by atoms with Crippen molar-refractivity contribution < 1.29 is 4.79 Å². The van der Waals surface area contributed by atoms with Crippen LogP contribution in [0.25, 0.3) is 10.6 Å². The molecule has 1 N–H and O–H groups in total. The zero-order valence-corrected chi connectivity index (χ0v) is 17.5. The molecule has 0 aliphatic carbocycles. The van der Waals surface area contributed by atoms with Crippen LogP contribution in [0, 0.1) is 0 Å². The molecule has 4 aromatic rings. The molecule has 1 amide bonds. The molecule has 0 fully saturated rings. The molecular weight excluding hydrogens is 410 g/mol. The van der Waals surface area contributed by atoms with E-state index in [1.807, 2.05) is 47.8 Å². The first kappa shape index (κ1) is 18.9. The van der Waals surface area contributed by atoms with Crippen molar-refractivity contribution in [2.75, 3.05) is 11.1 Å². The van der Waals surface area contributed by atoms with Crippen LogP contribution in [-0.4, -0.2) is 31.6 Å². The molecule has 28 heavy (non-hydrogen) atoms. The summed E-state index contributed by atoms with van der Waals surface area (Å²) in [5.41, 5.74) is 2.33. The Morgan fingerprint density at radius 1 is 1.18 bits per heavy atom. The van der Waals surface area contributed by atoms with Gasteiger partial charge in [0.1, 0.15) is 5.69 Å². The van der Waals surface area contributed by atoms with Gasteiger partial charge in [-0.15, -0.1) is 21.5 Å². The maximum Gasteiger partial charge on any atom is 0.261 e. The van der Waals surface area contributed by atoms with Crippen LogP contribution < -0.4 is 5.32 Å². The van der Waals surface area contributed by atoms with Crippen LogP contribution in [0.2, 0.25) is 0 Å². The molecule has 9 heteroatoms. The average Bonchev–Trinajstić information content (AvgIpc) is 3.43. The van der Waals surface area contributed by atoms with Crippen LogP contribution in [0.4, 0.5) is 5.13 Å². The van der Waals surface area contributed by atoms with E-state index in [-0.39, 0.29) is 5.91 Å². The molecule has 0 atom stereocenters. The number of amides is 1. The number of nitrogens with zero attached hydrogens (tertiary/aromatic N) is 4. The number of thioether (sulfide) groups is 1. The van der Waals surface area contributed by atoms with E-state index in [1.54, 1.807) is 34.0 Å². The molecule has 0 saturated heterocycles. The number of aromatic nitrogens is 4. The largest absolute Gasteiger partial charge is 0.296 e. The third kappa shape index (κ3) is 4.32.